The molecule has 4 nitrogen and oxygen atoms in total. The van der Waals surface area contributed by atoms with E-state index in [1.165, 1.54) is 5.57 Å². The van der Waals surface area contributed by atoms with Gasteiger partial charge in [-0.15, -0.1) is 0 Å². The van der Waals surface area contributed by atoms with Crippen molar-refractivity contribution in [2.24, 2.45) is 0 Å². The third-order valence-electron chi connectivity index (χ3n) is 4.23. The van der Waals surface area contributed by atoms with E-state index < -0.39 is 0 Å². The van der Waals surface area contributed by atoms with Gasteiger partial charge in [-0.25, -0.2) is 0 Å². The van der Waals surface area contributed by atoms with Crippen molar-refractivity contribution in [3.63, 3.8) is 0 Å². The summed E-state index contributed by atoms with van der Waals surface area (Å²) < 4.78 is 0. The summed E-state index contributed by atoms with van der Waals surface area (Å²) in [5, 5.41) is 3.03. The zero-order chi connectivity index (χ0) is 16.2. The van der Waals surface area contributed by atoms with E-state index in [9.17, 15) is 4.79 Å². The number of hydrogen-bond acceptors (Lipinski definition) is 3. The van der Waals surface area contributed by atoms with Gasteiger partial charge < -0.3 is 10.2 Å². The highest BCUT2D eigenvalue weighted by Gasteiger charge is 2.25. The number of amides is 1. The van der Waals surface area contributed by atoms with E-state index in [0.29, 0.717) is 6.54 Å². The second kappa shape index (κ2) is 6.65. The Morgan fingerprint density at radius 3 is 2.70 bits per heavy atom. The van der Waals surface area contributed by atoms with Crippen molar-refractivity contribution in [3.8, 4) is 0 Å². The summed E-state index contributed by atoms with van der Waals surface area (Å²) in [6.07, 6.45) is 13.4. The van der Waals surface area contributed by atoms with Crippen molar-refractivity contribution in [1.82, 2.24) is 15.2 Å². The molecular weight excluding hydrogens is 286 g/mol. The Balaban J connectivity index is 1.83. The summed E-state index contributed by atoms with van der Waals surface area (Å²) in [6.45, 7) is 4.68. The summed E-state index contributed by atoms with van der Waals surface area (Å²) in [5.41, 5.74) is 5.32. The number of carbonyl (C=O) groups excluding carboxylic acids is 1. The van der Waals surface area contributed by atoms with E-state index in [2.05, 4.69) is 23.3 Å². The van der Waals surface area contributed by atoms with Crippen molar-refractivity contribution in [3.05, 3.63) is 77.1 Å². The smallest absolute Gasteiger partial charge is 0.268 e. The molecule has 3 rings (SSSR count). The van der Waals surface area contributed by atoms with Gasteiger partial charge in [-0.1, -0.05) is 6.08 Å². The lowest BCUT2D eigenvalue weighted by molar-refractivity contribution is -0.118. The van der Waals surface area contributed by atoms with E-state index in [1.807, 2.05) is 42.3 Å². The van der Waals surface area contributed by atoms with Gasteiger partial charge in [0.25, 0.3) is 5.91 Å². The van der Waals surface area contributed by atoms with E-state index in [1.54, 1.807) is 12.4 Å². The van der Waals surface area contributed by atoms with Gasteiger partial charge in [-0.3, -0.25) is 9.78 Å². The Labute approximate surface area is 136 Å². The van der Waals surface area contributed by atoms with Crippen LogP contribution in [0.25, 0.3) is 0 Å². The minimum absolute atomic E-state index is 0.0357. The molecule has 23 heavy (non-hydrogen) atoms. The zero-order valence-electron chi connectivity index (χ0n) is 13.5. The van der Waals surface area contributed by atoms with Crippen LogP contribution in [-0.4, -0.2) is 15.8 Å². The van der Waals surface area contributed by atoms with Gasteiger partial charge in [-0.2, -0.15) is 0 Å². The fraction of sp³-hybridized carbons (Fsp3) is 0.263. The average Bonchev–Trinajstić information content (AvgIpc) is 2.71. The lowest BCUT2D eigenvalue weighted by Gasteiger charge is -2.27. The van der Waals surface area contributed by atoms with Crippen LogP contribution in [0.1, 0.15) is 32.3 Å². The van der Waals surface area contributed by atoms with Crippen LogP contribution in [0.3, 0.4) is 0 Å². The van der Waals surface area contributed by atoms with Gasteiger partial charge in [-0.05, 0) is 67.7 Å². The molecule has 0 spiro atoms. The van der Waals surface area contributed by atoms with Crippen LogP contribution >= 0.6 is 0 Å². The van der Waals surface area contributed by atoms with Gasteiger partial charge in [0.2, 0.25) is 0 Å². The maximum atomic E-state index is 12.8. The van der Waals surface area contributed by atoms with Crippen LogP contribution in [0.15, 0.2) is 71.5 Å². The average molecular weight is 307 g/mol. The predicted molar refractivity (Wildman–Crippen MR) is 90.8 cm³/mol. The minimum atomic E-state index is -0.0357. The molecule has 2 aliphatic heterocycles. The topological polar surface area (TPSA) is 45.2 Å². The Morgan fingerprint density at radius 1 is 1.17 bits per heavy atom. The first-order chi connectivity index (χ1) is 11.2. The largest absolute Gasteiger partial charge is 0.347 e. The van der Waals surface area contributed by atoms with Crippen LogP contribution < -0.4 is 5.32 Å². The molecule has 4 heteroatoms. The quantitative estimate of drug-likeness (QED) is 0.930. The molecule has 0 aliphatic carbocycles. The van der Waals surface area contributed by atoms with Crippen molar-refractivity contribution < 1.29 is 4.79 Å². The molecule has 1 N–H and O–H groups in total. The van der Waals surface area contributed by atoms with Crippen molar-refractivity contribution in [2.45, 2.75) is 33.2 Å². The van der Waals surface area contributed by atoms with Crippen LogP contribution in [0.2, 0.25) is 0 Å². The van der Waals surface area contributed by atoms with Crippen molar-refractivity contribution in [2.75, 3.05) is 0 Å². The number of rotatable bonds is 3. The maximum Gasteiger partial charge on any atom is 0.268 e. The van der Waals surface area contributed by atoms with Gasteiger partial charge in [0.05, 0.1) is 0 Å². The third kappa shape index (κ3) is 3.26. The monoisotopic (exact) mass is 307 g/mol. The normalized spacial score (nSPS) is 17.2. The molecule has 0 aromatic carbocycles. The number of aromatic nitrogens is 1. The molecule has 0 unspecified atom stereocenters. The number of pyridine rings is 1. The molecule has 0 radical (unpaired) electrons. The molecule has 0 saturated heterocycles. The summed E-state index contributed by atoms with van der Waals surface area (Å²) in [4.78, 5) is 18.8. The highest BCUT2D eigenvalue weighted by molar-refractivity contribution is 5.94. The lowest BCUT2D eigenvalue weighted by Crippen LogP contribution is -2.33. The first-order valence-corrected chi connectivity index (χ1v) is 7.87. The molecule has 3 heterocycles. The Morgan fingerprint density at radius 2 is 1.91 bits per heavy atom. The van der Waals surface area contributed by atoms with E-state index in [-0.39, 0.29) is 5.91 Å². The fourth-order valence-electron chi connectivity index (χ4n) is 2.88. The van der Waals surface area contributed by atoms with Gasteiger partial charge in [0.1, 0.15) is 5.70 Å². The van der Waals surface area contributed by atoms with Crippen molar-refractivity contribution >= 4 is 5.91 Å². The highest BCUT2D eigenvalue weighted by atomic mass is 16.2. The fourth-order valence-corrected chi connectivity index (χ4v) is 2.88. The van der Waals surface area contributed by atoms with Gasteiger partial charge >= 0.3 is 0 Å². The number of allylic oxidation sites excluding steroid dienone is 5. The highest BCUT2D eigenvalue weighted by Crippen LogP contribution is 2.31. The number of hydrogen-bond donors (Lipinski definition) is 1. The summed E-state index contributed by atoms with van der Waals surface area (Å²) in [7, 11) is 0. The summed E-state index contributed by atoms with van der Waals surface area (Å²) in [6, 6.07) is 3.82. The Hall–Kier alpha value is -2.62. The molecule has 1 aromatic rings. The lowest BCUT2D eigenvalue weighted by atomic mass is 10.1. The predicted octanol–water partition coefficient (Wildman–Crippen LogP) is 3.43. The zero-order valence-corrected chi connectivity index (χ0v) is 13.5. The molecule has 0 saturated carbocycles. The number of nitrogens with one attached hydrogen (secondary N) is 1. The van der Waals surface area contributed by atoms with E-state index in [4.69, 9.17) is 0 Å². The number of carbonyl (C=O) groups is 1. The summed E-state index contributed by atoms with van der Waals surface area (Å²) >= 11 is 0. The molecule has 1 aromatic heterocycles. The van der Waals surface area contributed by atoms with Gasteiger partial charge in [0, 0.05) is 30.8 Å². The molecular formula is C19H21N3O. The van der Waals surface area contributed by atoms with E-state index >= 15 is 0 Å². The van der Waals surface area contributed by atoms with Crippen molar-refractivity contribution in [1.29, 1.82) is 0 Å². The molecule has 0 bridgehead atoms. The first kappa shape index (κ1) is 15.3. The second-order valence-corrected chi connectivity index (χ2v) is 5.90. The van der Waals surface area contributed by atoms with Crippen LogP contribution in [-0.2, 0) is 11.3 Å². The SMILES string of the molecule is CC1=C2C=CC=CN2C(C(=O)NCc2ccncc2)=C(C)CC1. The summed E-state index contributed by atoms with van der Waals surface area (Å²) in [5.74, 6) is -0.0357. The van der Waals surface area contributed by atoms with E-state index in [0.717, 1.165) is 35.4 Å². The standard InChI is InChI=1S/C19H21N3O/c1-14-6-7-15(2)18(22-12-4-3-5-17(14)22)19(23)21-13-16-8-10-20-11-9-16/h3-5,8-12H,6-7,13H2,1-2H3,(H,21,23). The van der Waals surface area contributed by atoms with Crippen LogP contribution in [0.5, 0.6) is 0 Å². The van der Waals surface area contributed by atoms with Crippen LogP contribution in [0.4, 0.5) is 0 Å². The molecule has 2 aliphatic rings. The molecule has 0 fully saturated rings. The Bertz CT molecular complexity index is 726. The first-order valence-electron chi connectivity index (χ1n) is 7.87. The third-order valence-corrected chi connectivity index (χ3v) is 4.23. The number of nitrogens with zero attached hydrogens (tertiary/aromatic N) is 2. The van der Waals surface area contributed by atoms with Gasteiger partial charge in [0.15, 0.2) is 0 Å². The minimum Gasteiger partial charge on any atom is -0.347 e. The second-order valence-electron chi connectivity index (χ2n) is 5.90. The van der Waals surface area contributed by atoms with Crippen LogP contribution in [0, 0.1) is 0 Å². The maximum absolute atomic E-state index is 12.8. The number of fused-ring (bicyclic) bond motifs is 1. The molecule has 118 valence electrons. The molecule has 1 amide bonds. The molecule has 0 atom stereocenters. The Kier molecular flexibility index (Phi) is 4.42.